The summed E-state index contributed by atoms with van der Waals surface area (Å²) < 4.78 is 5.36. The molecule has 2 aromatic rings. The third kappa shape index (κ3) is 5.49. The van der Waals surface area contributed by atoms with E-state index in [0.29, 0.717) is 18.7 Å². The van der Waals surface area contributed by atoms with E-state index in [1.54, 1.807) is 48.6 Å². The van der Waals surface area contributed by atoms with Crippen molar-refractivity contribution < 1.29 is 14.0 Å². The van der Waals surface area contributed by atoms with E-state index in [0.717, 1.165) is 11.3 Å². The van der Waals surface area contributed by atoms with Crippen LogP contribution in [0.2, 0.25) is 0 Å². The van der Waals surface area contributed by atoms with Gasteiger partial charge in [0.1, 0.15) is 5.76 Å². The summed E-state index contributed by atoms with van der Waals surface area (Å²) in [6.07, 6.45) is 8.50. The number of amides is 2. The molecule has 0 bridgehead atoms. The second-order valence-electron chi connectivity index (χ2n) is 5.43. The lowest BCUT2D eigenvalue weighted by Crippen LogP contribution is -2.28. The summed E-state index contributed by atoms with van der Waals surface area (Å²) >= 11 is 0. The van der Waals surface area contributed by atoms with Gasteiger partial charge in [0, 0.05) is 25.2 Å². The van der Waals surface area contributed by atoms with Crippen LogP contribution < -0.4 is 5.32 Å². The van der Waals surface area contributed by atoms with Crippen LogP contribution in [-0.2, 0) is 17.9 Å². The van der Waals surface area contributed by atoms with Gasteiger partial charge in [0.2, 0.25) is 5.91 Å². The molecule has 5 nitrogen and oxygen atoms in total. The molecule has 0 radical (unpaired) electrons. The van der Waals surface area contributed by atoms with Crippen molar-refractivity contribution in [2.24, 2.45) is 0 Å². The van der Waals surface area contributed by atoms with Crippen LogP contribution in [-0.4, -0.2) is 23.8 Å². The molecule has 0 fully saturated rings. The van der Waals surface area contributed by atoms with Crippen LogP contribution in [0.25, 0.3) is 0 Å². The van der Waals surface area contributed by atoms with E-state index >= 15 is 0 Å². The molecule has 1 aromatic carbocycles. The van der Waals surface area contributed by atoms with Gasteiger partial charge >= 0.3 is 0 Å². The summed E-state index contributed by atoms with van der Waals surface area (Å²) in [5, 5.41) is 2.59. The zero-order valence-electron chi connectivity index (χ0n) is 14.4. The van der Waals surface area contributed by atoms with Crippen LogP contribution in [0.3, 0.4) is 0 Å². The number of hydrogen-bond donors (Lipinski definition) is 1. The first kappa shape index (κ1) is 18.3. The minimum Gasteiger partial charge on any atom is -0.467 e. The molecule has 130 valence electrons. The number of nitrogens with one attached hydrogen (secondary N) is 1. The van der Waals surface area contributed by atoms with E-state index in [9.17, 15) is 9.59 Å². The number of hydrogen-bond acceptors (Lipinski definition) is 3. The zero-order chi connectivity index (χ0) is 18.1. The van der Waals surface area contributed by atoms with Crippen LogP contribution in [0.5, 0.6) is 0 Å². The molecule has 1 heterocycles. The lowest BCUT2D eigenvalue weighted by molar-refractivity contribution is -0.127. The molecule has 0 aliphatic rings. The predicted octanol–water partition coefficient (Wildman–Crippen LogP) is 3.30. The van der Waals surface area contributed by atoms with Crippen molar-refractivity contribution in [1.82, 2.24) is 10.2 Å². The number of furan rings is 1. The maximum atomic E-state index is 12.5. The summed E-state index contributed by atoms with van der Waals surface area (Å²) in [7, 11) is 1.59. The normalized spacial score (nSPS) is 11.1. The maximum absolute atomic E-state index is 12.5. The molecule has 0 atom stereocenters. The van der Waals surface area contributed by atoms with Gasteiger partial charge in [-0.3, -0.25) is 9.59 Å². The Bertz CT molecular complexity index is 744. The highest BCUT2D eigenvalue weighted by Crippen LogP contribution is 2.13. The molecule has 25 heavy (non-hydrogen) atoms. The monoisotopic (exact) mass is 338 g/mol. The van der Waals surface area contributed by atoms with Crippen molar-refractivity contribution in [2.75, 3.05) is 7.05 Å². The summed E-state index contributed by atoms with van der Waals surface area (Å²) in [4.78, 5) is 25.8. The van der Waals surface area contributed by atoms with E-state index in [-0.39, 0.29) is 11.8 Å². The number of rotatable bonds is 7. The van der Waals surface area contributed by atoms with Crippen molar-refractivity contribution in [3.8, 4) is 0 Å². The third-order valence-corrected chi connectivity index (χ3v) is 3.60. The Kier molecular flexibility index (Phi) is 6.77. The van der Waals surface area contributed by atoms with Crippen molar-refractivity contribution in [3.05, 3.63) is 83.9 Å². The number of allylic oxidation sites excluding steroid dienone is 3. The second kappa shape index (κ2) is 9.27. The Morgan fingerprint density at radius 2 is 1.88 bits per heavy atom. The highest BCUT2D eigenvalue weighted by Gasteiger charge is 2.14. The summed E-state index contributed by atoms with van der Waals surface area (Å²) in [5.41, 5.74) is 1.52. The van der Waals surface area contributed by atoms with E-state index in [1.807, 2.05) is 31.2 Å². The van der Waals surface area contributed by atoms with Crippen molar-refractivity contribution in [1.29, 1.82) is 0 Å². The minimum atomic E-state index is -0.135. The van der Waals surface area contributed by atoms with Crippen LogP contribution >= 0.6 is 0 Å². The molecule has 2 amide bonds. The van der Waals surface area contributed by atoms with Gasteiger partial charge in [-0.15, -0.1) is 0 Å². The van der Waals surface area contributed by atoms with Gasteiger partial charge in [0.05, 0.1) is 12.8 Å². The van der Waals surface area contributed by atoms with Gasteiger partial charge in [-0.1, -0.05) is 30.4 Å². The third-order valence-electron chi connectivity index (χ3n) is 3.60. The van der Waals surface area contributed by atoms with Crippen LogP contribution in [0.4, 0.5) is 0 Å². The van der Waals surface area contributed by atoms with Gasteiger partial charge in [-0.2, -0.15) is 0 Å². The summed E-state index contributed by atoms with van der Waals surface area (Å²) in [6.45, 7) is 2.69. The molecule has 1 N–H and O–H groups in total. The number of nitrogens with zero attached hydrogens (tertiary/aromatic N) is 1. The number of carbonyl (C=O) groups is 2. The Morgan fingerprint density at radius 1 is 1.12 bits per heavy atom. The molecule has 1 aromatic heterocycles. The Morgan fingerprint density at radius 3 is 2.48 bits per heavy atom. The topological polar surface area (TPSA) is 62.6 Å². The van der Waals surface area contributed by atoms with Gasteiger partial charge < -0.3 is 14.6 Å². The molecule has 0 aliphatic heterocycles. The average Bonchev–Trinajstić information content (AvgIpc) is 3.14. The Labute approximate surface area is 147 Å². The lowest BCUT2D eigenvalue weighted by Gasteiger charge is -2.20. The first-order chi connectivity index (χ1) is 12.1. The second-order valence-corrected chi connectivity index (χ2v) is 5.43. The fourth-order valence-corrected chi connectivity index (χ4v) is 2.28. The van der Waals surface area contributed by atoms with Crippen LogP contribution in [0.1, 0.15) is 28.6 Å². The van der Waals surface area contributed by atoms with Gasteiger partial charge in [-0.05, 0) is 36.8 Å². The highest BCUT2D eigenvalue weighted by atomic mass is 16.3. The lowest BCUT2D eigenvalue weighted by atomic mass is 10.1. The van der Waals surface area contributed by atoms with E-state index in [2.05, 4.69) is 5.32 Å². The van der Waals surface area contributed by atoms with Crippen LogP contribution in [0.15, 0.2) is 71.4 Å². The first-order valence-electron chi connectivity index (χ1n) is 8.05. The fraction of sp³-hybridized carbons (Fsp3) is 0.200. The molecule has 0 spiro atoms. The summed E-state index contributed by atoms with van der Waals surface area (Å²) in [6, 6.07) is 10.8. The molecule has 0 saturated heterocycles. The van der Waals surface area contributed by atoms with Crippen LogP contribution in [0, 0.1) is 0 Å². The molecule has 0 aliphatic carbocycles. The molecular weight excluding hydrogens is 316 g/mol. The van der Waals surface area contributed by atoms with E-state index in [1.165, 1.54) is 6.08 Å². The Hall–Kier alpha value is -3.08. The van der Waals surface area contributed by atoms with E-state index < -0.39 is 0 Å². The number of benzene rings is 1. The molecular formula is C20H22N2O3. The van der Waals surface area contributed by atoms with Crippen molar-refractivity contribution in [3.63, 3.8) is 0 Å². The number of carbonyl (C=O) groups excluding carboxylic acids is 2. The summed E-state index contributed by atoms with van der Waals surface area (Å²) in [5.74, 6) is 0.476. The van der Waals surface area contributed by atoms with Crippen molar-refractivity contribution in [2.45, 2.75) is 20.0 Å². The van der Waals surface area contributed by atoms with Gasteiger partial charge in [0.25, 0.3) is 5.91 Å². The predicted molar refractivity (Wildman–Crippen MR) is 96.7 cm³/mol. The van der Waals surface area contributed by atoms with Gasteiger partial charge in [-0.25, -0.2) is 0 Å². The maximum Gasteiger partial charge on any atom is 0.251 e. The molecule has 0 saturated carbocycles. The fourth-order valence-electron chi connectivity index (χ4n) is 2.28. The quantitative estimate of drug-likeness (QED) is 0.622. The Balaban J connectivity index is 2.14. The van der Waals surface area contributed by atoms with Gasteiger partial charge in [0.15, 0.2) is 0 Å². The zero-order valence-corrected chi connectivity index (χ0v) is 14.4. The van der Waals surface area contributed by atoms with E-state index in [4.69, 9.17) is 4.42 Å². The largest absolute Gasteiger partial charge is 0.467 e. The molecule has 2 rings (SSSR count). The minimum absolute atomic E-state index is 0.107. The average molecular weight is 338 g/mol. The standard InChI is InChI=1S/C20H22N2O3/c1-3-4-5-8-19(23)22(15-18-7-6-13-25-18)14-16-9-11-17(12-10-16)20(24)21-2/h3-13H,14-15H2,1-2H3,(H,21,24)/b4-3+,8-5+. The smallest absolute Gasteiger partial charge is 0.251 e. The molecule has 5 heteroatoms. The molecule has 0 unspecified atom stereocenters. The SMILES string of the molecule is C/C=C/C=C/C(=O)N(Cc1ccc(C(=O)NC)cc1)Cc1ccco1. The first-order valence-corrected chi connectivity index (χ1v) is 8.05. The highest BCUT2D eigenvalue weighted by molar-refractivity contribution is 5.94. The van der Waals surface area contributed by atoms with Crippen molar-refractivity contribution >= 4 is 11.8 Å².